The predicted octanol–water partition coefficient (Wildman–Crippen LogP) is 5.89. The van der Waals surface area contributed by atoms with Gasteiger partial charge in [-0.25, -0.2) is 4.39 Å². The van der Waals surface area contributed by atoms with Gasteiger partial charge >= 0.3 is 0 Å². The summed E-state index contributed by atoms with van der Waals surface area (Å²) in [5.41, 5.74) is 2.10. The SMILES string of the molecule is O=c1ccn([C@H](CO)CC2CCCCC2)c2ccc(Cc3cccc(Cl)c3F)cc12. The second-order valence-electron chi connectivity index (χ2n) is 8.40. The van der Waals surface area contributed by atoms with Gasteiger partial charge in [0.05, 0.1) is 23.2 Å². The number of aromatic nitrogens is 1. The Bertz CT molecular complexity index is 1090. The fourth-order valence-electron chi connectivity index (χ4n) is 4.74. The topological polar surface area (TPSA) is 42.2 Å². The maximum atomic E-state index is 14.3. The molecule has 4 rings (SSSR count). The minimum absolute atomic E-state index is 0.0456. The minimum atomic E-state index is -0.419. The van der Waals surface area contributed by atoms with Gasteiger partial charge in [0, 0.05) is 24.1 Å². The van der Waals surface area contributed by atoms with Crippen LogP contribution in [0, 0.1) is 11.7 Å². The molecule has 0 spiro atoms. The zero-order chi connectivity index (χ0) is 21.1. The van der Waals surface area contributed by atoms with Crippen molar-refractivity contribution in [1.82, 2.24) is 4.57 Å². The average molecular weight is 428 g/mol. The summed E-state index contributed by atoms with van der Waals surface area (Å²) in [5, 5.41) is 10.8. The van der Waals surface area contributed by atoms with Gasteiger partial charge in [-0.15, -0.1) is 0 Å². The number of hydrogen-bond donors (Lipinski definition) is 1. The van der Waals surface area contributed by atoms with Gasteiger partial charge in [-0.1, -0.05) is 61.9 Å². The molecule has 30 heavy (non-hydrogen) atoms. The lowest BCUT2D eigenvalue weighted by molar-refractivity contribution is 0.191. The second kappa shape index (κ2) is 9.32. The number of benzene rings is 2. The molecule has 0 bridgehead atoms. The van der Waals surface area contributed by atoms with Crippen molar-refractivity contribution in [3.8, 4) is 0 Å². The number of halogens is 2. The van der Waals surface area contributed by atoms with E-state index in [1.807, 2.05) is 22.8 Å². The molecular formula is C25H27ClFNO2. The van der Waals surface area contributed by atoms with E-state index in [1.54, 1.807) is 24.4 Å². The highest BCUT2D eigenvalue weighted by atomic mass is 35.5. The van der Waals surface area contributed by atoms with Gasteiger partial charge in [0.1, 0.15) is 5.82 Å². The predicted molar refractivity (Wildman–Crippen MR) is 120 cm³/mol. The van der Waals surface area contributed by atoms with E-state index in [0.29, 0.717) is 23.3 Å². The van der Waals surface area contributed by atoms with Crippen molar-refractivity contribution in [1.29, 1.82) is 0 Å². The Labute approximate surface area is 181 Å². The Morgan fingerprint density at radius 1 is 1.13 bits per heavy atom. The van der Waals surface area contributed by atoms with Crippen molar-refractivity contribution in [2.75, 3.05) is 6.61 Å². The Kier molecular flexibility index (Phi) is 6.55. The third kappa shape index (κ3) is 4.45. The number of aliphatic hydroxyl groups excluding tert-OH is 1. The van der Waals surface area contributed by atoms with E-state index in [1.165, 1.54) is 38.2 Å². The van der Waals surface area contributed by atoms with Gasteiger partial charge < -0.3 is 9.67 Å². The van der Waals surface area contributed by atoms with Crippen molar-refractivity contribution in [2.45, 2.75) is 51.0 Å². The molecule has 1 aliphatic rings. The number of rotatable bonds is 6. The molecule has 0 amide bonds. The first-order valence-corrected chi connectivity index (χ1v) is 11.1. The molecule has 1 N–H and O–H groups in total. The van der Waals surface area contributed by atoms with Crippen LogP contribution in [-0.4, -0.2) is 16.3 Å². The van der Waals surface area contributed by atoms with Crippen LogP contribution < -0.4 is 5.43 Å². The van der Waals surface area contributed by atoms with Gasteiger partial charge in [-0.2, -0.15) is 0 Å². The van der Waals surface area contributed by atoms with Crippen molar-refractivity contribution in [3.05, 3.63) is 80.9 Å². The van der Waals surface area contributed by atoms with Crippen LogP contribution in [0.15, 0.2) is 53.5 Å². The van der Waals surface area contributed by atoms with E-state index >= 15 is 0 Å². The van der Waals surface area contributed by atoms with Crippen LogP contribution >= 0.6 is 11.6 Å². The molecule has 1 saturated carbocycles. The largest absolute Gasteiger partial charge is 0.394 e. The fraction of sp³-hybridized carbons (Fsp3) is 0.400. The molecule has 5 heteroatoms. The van der Waals surface area contributed by atoms with Gasteiger partial charge in [0.15, 0.2) is 5.43 Å². The van der Waals surface area contributed by atoms with E-state index in [-0.39, 0.29) is 23.1 Å². The minimum Gasteiger partial charge on any atom is -0.394 e. The number of pyridine rings is 1. The molecule has 1 atom stereocenters. The molecule has 1 heterocycles. The maximum Gasteiger partial charge on any atom is 0.189 e. The van der Waals surface area contributed by atoms with Crippen LogP contribution in [0.25, 0.3) is 10.9 Å². The molecule has 3 nitrogen and oxygen atoms in total. The molecule has 0 aliphatic heterocycles. The standard InChI is InChI=1S/C25H27ClFNO2/c26-22-8-4-7-19(25(22)27)13-18-9-10-23-21(15-18)24(30)11-12-28(23)20(16-29)14-17-5-2-1-3-6-17/h4,7-12,15,17,20,29H,1-3,5-6,13-14,16H2/t20-/m0/s1. The first-order chi connectivity index (χ1) is 14.6. The van der Waals surface area contributed by atoms with Crippen LogP contribution in [0.4, 0.5) is 4.39 Å². The fourth-order valence-corrected chi connectivity index (χ4v) is 4.93. The molecule has 2 aromatic carbocycles. The number of hydrogen-bond acceptors (Lipinski definition) is 2. The zero-order valence-corrected chi connectivity index (χ0v) is 17.7. The average Bonchev–Trinajstić information content (AvgIpc) is 2.77. The maximum absolute atomic E-state index is 14.3. The summed E-state index contributed by atoms with van der Waals surface area (Å²) in [5.74, 6) is 0.202. The molecule has 1 aromatic heterocycles. The van der Waals surface area contributed by atoms with Gasteiger partial charge in [-0.05, 0) is 41.7 Å². The molecule has 3 aromatic rings. The lowest BCUT2D eigenvalue weighted by Gasteiger charge is -2.28. The lowest BCUT2D eigenvalue weighted by atomic mass is 9.85. The summed E-state index contributed by atoms with van der Waals surface area (Å²) in [6.07, 6.45) is 9.33. The van der Waals surface area contributed by atoms with Gasteiger partial charge in [-0.3, -0.25) is 4.79 Å². The van der Waals surface area contributed by atoms with E-state index in [0.717, 1.165) is 17.5 Å². The quantitative estimate of drug-likeness (QED) is 0.533. The molecule has 0 unspecified atom stereocenters. The van der Waals surface area contributed by atoms with Crippen LogP contribution in [-0.2, 0) is 6.42 Å². The molecular weight excluding hydrogens is 401 g/mol. The van der Waals surface area contributed by atoms with E-state index < -0.39 is 5.82 Å². The first kappa shape index (κ1) is 21.1. The molecule has 0 radical (unpaired) electrons. The summed E-state index contributed by atoms with van der Waals surface area (Å²) < 4.78 is 16.3. The highest BCUT2D eigenvalue weighted by Crippen LogP contribution is 2.32. The van der Waals surface area contributed by atoms with Crippen molar-refractivity contribution < 1.29 is 9.50 Å². The normalized spacial score (nSPS) is 16.1. The summed E-state index contributed by atoms with van der Waals surface area (Å²) >= 11 is 5.90. The smallest absolute Gasteiger partial charge is 0.189 e. The van der Waals surface area contributed by atoms with E-state index in [2.05, 4.69) is 0 Å². The molecule has 1 aliphatic carbocycles. The lowest BCUT2D eigenvalue weighted by Crippen LogP contribution is -2.21. The van der Waals surface area contributed by atoms with E-state index in [4.69, 9.17) is 11.6 Å². The van der Waals surface area contributed by atoms with E-state index in [9.17, 15) is 14.3 Å². The number of fused-ring (bicyclic) bond motifs is 1. The Morgan fingerprint density at radius 3 is 2.70 bits per heavy atom. The van der Waals surface area contributed by atoms with Crippen LogP contribution in [0.2, 0.25) is 5.02 Å². The third-order valence-corrected chi connectivity index (χ3v) is 6.64. The zero-order valence-electron chi connectivity index (χ0n) is 17.0. The van der Waals surface area contributed by atoms with Crippen LogP contribution in [0.3, 0.4) is 0 Å². The Balaban J connectivity index is 1.66. The van der Waals surface area contributed by atoms with Crippen molar-refractivity contribution >= 4 is 22.5 Å². The highest BCUT2D eigenvalue weighted by molar-refractivity contribution is 6.30. The molecule has 158 valence electrons. The van der Waals surface area contributed by atoms with Gasteiger partial charge in [0.2, 0.25) is 0 Å². The monoisotopic (exact) mass is 427 g/mol. The summed E-state index contributed by atoms with van der Waals surface area (Å²) in [6.45, 7) is 0.0456. The molecule has 0 saturated heterocycles. The first-order valence-electron chi connectivity index (χ1n) is 10.7. The van der Waals surface area contributed by atoms with Gasteiger partial charge in [0.25, 0.3) is 0 Å². The van der Waals surface area contributed by atoms with Crippen molar-refractivity contribution in [3.63, 3.8) is 0 Å². The summed E-state index contributed by atoms with van der Waals surface area (Å²) in [7, 11) is 0. The Morgan fingerprint density at radius 2 is 1.93 bits per heavy atom. The summed E-state index contributed by atoms with van der Waals surface area (Å²) in [4.78, 5) is 12.6. The van der Waals surface area contributed by atoms with Crippen molar-refractivity contribution in [2.24, 2.45) is 5.92 Å². The number of aliphatic hydroxyl groups is 1. The second-order valence-corrected chi connectivity index (χ2v) is 8.81. The Hall–Kier alpha value is -2.17. The highest BCUT2D eigenvalue weighted by Gasteiger charge is 2.21. The summed E-state index contributed by atoms with van der Waals surface area (Å²) in [6, 6.07) is 12.2. The van der Waals surface area contributed by atoms with Crippen LogP contribution in [0.1, 0.15) is 55.7 Å². The third-order valence-electron chi connectivity index (χ3n) is 6.35. The number of nitrogens with zero attached hydrogens (tertiary/aromatic N) is 1. The molecule has 1 fully saturated rings. The van der Waals surface area contributed by atoms with Crippen LogP contribution in [0.5, 0.6) is 0 Å².